The van der Waals surface area contributed by atoms with Gasteiger partial charge in [-0.1, -0.05) is 5.16 Å². The molecule has 10 heteroatoms. The van der Waals surface area contributed by atoms with Gasteiger partial charge in [0.2, 0.25) is 0 Å². The van der Waals surface area contributed by atoms with Gasteiger partial charge in [0.05, 0.1) is 28.2 Å². The van der Waals surface area contributed by atoms with Crippen molar-refractivity contribution in [3.8, 4) is 11.3 Å². The number of fused-ring (bicyclic) bond motifs is 1. The van der Waals surface area contributed by atoms with E-state index in [4.69, 9.17) is 10.9 Å². The zero-order valence-electron chi connectivity index (χ0n) is 17.5. The molecule has 3 aromatic rings. The first kappa shape index (κ1) is 21.3. The van der Waals surface area contributed by atoms with Crippen LogP contribution in [0.2, 0.25) is 0 Å². The molecule has 1 aliphatic heterocycles. The molecule has 164 valence electrons. The maximum atomic E-state index is 15.1. The average Bonchev–Trinajstić information content (AvgIpc) is 3.20. The monoisotopic (exact) mass is 444 g/mol. The predicted octanol–water partition coefficient (Wildman–Crippen LogP) is 2.84. The van der Waals surface area contributed by atoms with Crippen molar-refractivity contribution in [1.82, 2.24) is 14.5 Å². The second kappa shape index (κ2) is 8.64. The van der Waals surface area contributed by atoms with Crippen LogP contribution >= 0.6 is 11.3 Å². The number of aromatic nitrogens is 2. The average molecular weight is 445 g/mol. The van der Waals surface area contributed by atoms with Crippen molar-refractivity contribution in [3.63, 3.8) is 0 Å². The first-order valence-corrected chi connectivity index (χ1v) is 11.0. The molecular formula is C21H25FN6O2S. The van der Waals surface area contributed by atoms with E-state index in [9.17, 15) is 4.79 Å². The fraction of sp³-hybridized carbons (Fsp3) is 0.381. The number of aryl methyl sites for hydroxylation is 1. The Hall–Kier alpha value is -2.98. The van der Waals surface area contributed by atoms with Crippen molar-refractivity contribution in [1.29, 1.82) is 0 Å². The van der Waals surface area contributed by atoms with Gasteiger partial charge in [-0.3, -0.25) is 9.69 Å². The second-order valence-electron chi connectivity index (χ2n) is 7.65. The van der Waals surface area contributed by atoms with Crippen LogP contribution in [0, 0.1) is 5.82 Å². The fourth-order valence-electron chi connectivity index (χ4n) is 4.00. The number of nitrogens with zero attached hydrogens (tertiary/aromatic N) is 5. The molecule has 0 radical (unpaired) electrons. The van der Waals surface area contributed by atoms with Gasteiger partial charge >= 0.3 is 0 Å². The van der Waals surface area contributed by atoms with Gasteiger partial charge in [0.15, 0.2) is 10.6 Å². The number of halogens is 1. The summed E-state index contributed by atoms with van der Waals surface area (Å²) in [6.07, 6.45) is 1.77. The second-order valence-corrected chi connectivity index (χ2v) is 8.54. The lowest BCUT2D eigenvalue weighted by Crippen LogP contribution is -2.48. The summed E-state index contributed by atoms with van der Waals surface area (Å²) in [5.41, 5.74) is 8.25. The van der Waals surface area contributed by atoms with E-state index in [1.165, 1.54) is 17.4 Å². The third kappa shape index (κ3) is 4.13. The van der Waals surface area contributed by atoms with E-state index in [2.05, 4.69) is 15.0 Å². The maximum absolute atomic E-state index is 15.1. The lowest BCUT2D eigenvalue weighted by Gasteiger charge is -2.36. The number of anilines is 2. The Bertz CT molecular complexity index is 1200. The predicted molar refractivity (Wildman–Crippen MR) is 123 cm³/mol. The Kier molecular flexibility index (Phi) is 5.92. The Labute approximate surface area is 183 Å². The molecule has 0 atom stereocenters. The molecule has 0 saturated carbocycles. The number of nitrogens with two attached hydrogens (primary N) is 1. The highest BCUT2D eigenvalue weighted by Crippen LogP contribution is 2.28. The maximum Gasteiger partial charge on any atom is 0.198 e. The molecule has 3 heterocycles. The van der Waals surface area contributed by atoms with Gasteiger partial charge in [0.25, 0.3) is 0 Å². The number of thiazole rings is 1. The smallest absolute Gasteiger partial charge is 0.198 e. The minimum atomic E-state index is -0.413. The SMILES string of the molecule is CCn1cc(-c2csc(N)n2)c(=O)c2cc(F)c(N3CCN(C/C(C)=N/O)CC3)cc21. The van der Waals surface area contributed by atoms with Crippen LogP contribution in [-0.2, 0) is 6.54 Å². The molecule has 0 bridgehead atoms. The van der Waals surface area contributed by atoms with Gasteiger partial charge in [-0.25, -0.2) is 9.37 Å². The molecule has 2 aromatic heterocycles. The van der Waals surface area contributed by atoms with Gasteiger partial charge in [0, 0.05) is 56.2 Å². The van der Waals surface area contributed by atoms with E-state index in [1.807, 2.05) is 16.4 Å². The van der Waals surface area contributed by atoms with Crippen LogP contribution in [0.4, 0.5) is 15.2 Å². The van der Waals surface area contributed by atoms with E-state index < -0.39 is 5.82 Å². The summed E-state index contributed by atoms with van der Waals surface area (Å²) in [4.78, 5) is 21.5. The summed E-state index contributed by atoms with van der Waals surface area (Å²) in [5.74, 6) is -0.413. The molecule has 0 amide bonds. The zero-order chi connectivity index (χ0) is 22.1. The minimum absolute atomic E-state index is 0.251. The minimum Gasteiger partial charge on any atom is -0.411 e. The number of benzene rings is 1. The van der Waals surface area contributed by atoms with Crippen LogP contribution in [0.25, 0.3) is 22.2 Å². The van der Waals surface area contributed by atoms with Crippen molar-refractivity contribution in [3.05, 3.63) is 39.8 Å². The first-order chi connectivity index (χ1) is 14.9. The zero-order valence-corrected chi connectivity index (χ0v) is 18.3. The quantitative estimate of drug-likeness (QED) is 0.357. The molecule has 1 saturated heterocycles. The van der Waals surface area contributed by atoms with Crippen LogP contribution in [0.15, 0.2) is 33.7 Å². The van der Waals surface area contributed by atoms with E-state index in [-0.39, 0.29) is 5.43 Å². The van der Waals surface area contributed by atoms with E-state index in [1.54, 1.807) is 24.6 Å². The molecule has 1 aromatic carbocycles. The largest absolute Gasteiger partial charge is 0.411 e. The molecule has 8 nitrogen and oxygen atoms in total. The molecule has 1 fully saturated rings. The number of hydrogen-bond acceptors (Lipinski definition) is 8. The first-order valence-electron chi connectivity index (χ1n) is 10.1. The molecule has 0 unspecified atom stereocenters. The Morgan fingerprint density at radius 1 is 1.32 bits per heavy atom. The standard InChI is InChI=1S/C21H25FN6O2S/c1-3-27-11-15(17-12-31-21(23)24-17)20(29)14-8-16(22)19(9-18(14)27)28-6-4-26(5-7-28)10-13(2)25-30/h8-9,11-12,30H,3-7,10H2,1-2H3,(H2,23,24)/b25-13+. The molecule has 4 rings (SSSR count). The van der Waals surface area contributed by atoms with Crippen LogP contribution in [0.3, 0.4) is 0 Å². The van der Waals surface area contributed by atoms with E-state index >= 15 is 4.39 Å². The van der Waals surface area contributed by atoms with Crippen molar-refractivity contribution in [2.75, 3.05) is 43.4 Å². The van der Waals surface area contributed by atoms with Crippen LogP contribution in [0.5, 0.6) is 0 Å². The van der Waals surface area contributed by atoms with Gasteiger partial charge < -0.3 is 20.4 Å². The van der Waals surface area contributed by atoms with Crippen LogP contribution in [-0.4, -0.2) is 58.1 Å². The molecular weight excluding hydrogens is 419 g/mol. The van der Waals surface area contributed by atoms with Crippen molar-refractivity contribution in [2.24, 2.45) is 5.16 Å². The number of pyridine rings is 1. The Morgan fingerprint density at radius 2 is 2.06 bits per heavy atom. The third-order valence-corrected chi connectivity index (χ3v) is 6.30. The van der Waals surface area contributed by atoms with Crippen LogP contribution in [0.1, 0.15) is 13.8 Å². The normalized spacial score (nSPS) is 15.7. The number of nitrogen functional groups attached to an aromatic ring is 1. The lowest BCUT2D eigenvalue weighted by molar-refractivity contribution is 0.279. The lowest BCUT2D eigenvalue weighted by atomic mass is 10.1. The van der Waals surface area contributed by atoms with Gasteiger partial charge in [-0.05, 0) is 26.0 Å². The Morgan fingerprint density at radius 3 is 2.68 bits per heavy atom. The van der Waals surface area contributed by atoms with Crippen LogP contribution < -0.4 is 16.1 Å². The molecule has 3 N–H and O–H groups in total. The summed E-state index contributed by atoms with van der Waals surface area (Å²) < 4.78 is 17.1. The van der Waals surface area contributed by atoms with E-state index in [0.29, 0.717) is 64.9 Å². The summed E-state index contributed by atoms with van der Waals surface area (Å²) in [6, 6.07) is 3.11. The molecule has 0 spiro atoms. The summed E-state index contributed by atoms with van der Waals surface area (Å²) >= 11 is 1.27. The number of rotatable bonds is 5. The van der Waals surface area contributed by atoms with E-state index in [0.717, 1.165) is 13.1 Å². The van der Waals surface area contributed by atoms with Crippen molar-refractivity contribution >= 4 is 38.8 Å². The highest BCUT2D eigenvalue weighted by Gasteiger charge is 2.22. The number of hydrogen-bond donors (Lipinski definition) is 2. The topological polar surface area (TPSA) is 100.0 Å². The highest BCUT2D eigenvalue weighted by molar-refractivity contribution is 7.13. The van der Waals surface area contributed by atoms with Gasteiger partial charge in [-0.2, -0.15) is 0 Å². The van der Waals surface area contributed by atoms with Crippen molar-refractivity contribution < 1.29 is 9.60 Å². The summed E-state index contributed by atoms with van der Waals surface area (Å²) in [7, 11) is 0. The van der Waals surface area contributed by atoms with Gasteiger partial charge in [-0.15, -0.1) is 11.3 Å². The van der Waals surface area contributed by atoms with Gasteiger partial charge in [0.1, 0.15) is 5.82 Å². The number of oxime groups is 1. The molecule has 1 aliphatic rings. The molecule has 31 heavy (non-hydrogen) atoms. The summed E-state index contributed by atoms with van der Waals surface area (Å²) in [5, 5.41) is 14.5. The van der Waals surface area contributed by atoms with Crippen molar-refractivity contribution in [2.45, 2.75) is 20.4 Å². The Balaban J connectivity index is 1.70. The fourth-order valence-corrected chi connectivity index (χ4v) is 4.56. The highest BCUT2D eigenvalue weighted by atomic mass is 32.1. The molecule has 0 aliphatic carbocycles. The summed E-state index contributed by atoms with van der Waals surface area (Å²) in [6.45, 7) is 7.72. The number of piperazine rings is 1. The third-order valence-electron chi connectivity index (χ3n) is 5.62.